The lowest BCUT2D eigenvalue weighted by atomic mass is 9.97. The van der Waals surface area contributed by atoms with E-state index >= 15 is 0 Å². The number of rotatable bonds is 8. The van der Waals surface area contributed by atoms with Gasteiger partial charge in [-0.15, -0.1) is 11.3 Å². The third-order valence-corrected chi connectivity index (χ3v) is 5.05. The molecule has 2 N–H and O–H groups in total. The molecule has 0 saturated carbocycles. The first-order chi connectivity index (χ1) is 12.9. The molecule has 2 aromatic rings. The molecule has 2 rings (SSSR count). The molecule has 0 fully saturated rings. The van der Waals surface area contributed by atoms with Gasteiger partial charge in [0, 0.05) is 5.69 Å². The number of esters is 1. The van der Waals surface area contributed by atoms with Gasteiger partial charge in [0.15, 0.2) is 6.10 Å². The van der Waals surface area contributed by atoms with Crippen LogP contribution in [-0.2, 0) is 14.3 Å². The lowest BCUT2D eigenvalue weighted by Gasteiger charge is -2.18. The fourth-order valence-corrected chi connectivity index (χ4v) is 3.07. The predicted octanol–water partition coefficient (Wildman–Crippen LogP) is 3.56. The number of hydrogen-bond donors (Lipinski definition) is 2. The summed E-state index contributed by atoms with van der Waals surface area (Å²) in [7, 11) is 0. The van der Waals surface area contributed by atoms with Gasteiger partial charge in [-0.05, 0) is 42.3 Å². The molecule has 1 heterocycles. The number of hydrogen-bond acceptors (Lipinski definition) is 5. The van der Waals surface area contributed by atoms with Gasteiger partial charge in [-0.25, -0.2) is 0 Å². The second-order valence-electron chi connectivity index (χ2n) is 6.18. The molecule has 6 nitrogen and oxygen atoms in total. The summed E-state index contributed by atoms with van der Waals surface area (Å²) < 4.78 is 5.12. The Morgan fingerprint density at radius 3 is 2.52 bits per heavy atom. The Morgan fingerprint density at radius 2 is 1.85 bits per heavy atom. The van der Waals surface area contributed by atoms with E-state index in [9.17, 15) is 14.4 Å². The maximum absolute atomic E-state index is 12.4. The zero-order chi connectivity index (χ0) is 19.8. The van der Waals surface area contributed by atoms with E-state index in [0.717, 1.165) is 12.0 Å². The van der Waals surface area contributed by atoms with Gasteiger partial charge in [0.05, 0.1) is 4.88 Å². The fourth-order valence-electron chi connectivity index (χ4n) is 2.43. The number of nitrogens with one attached hydrogen (secondary N) is 2. The average Bonchev–Trinajstić information content (AvgIpc) is 3.20. The van der Waals surface area contributed by atoms with Gasteiger partial charge < -0.3 is 15.4 Å². The Bertz CT molecular complexity index is 789. The second-order valence-corrected chi connectivity index (χ2v) is 7.13. The van der Waals surface area contributed by atoms with Crippen molar-refractivity contribution in [1.29, 1.82) is 0 Å². The van der Waals surface area contributed by atoms with Crippen molar-refractivity contribution in [2.45, 2.75) is 39.2 Å². The standard InChI is InChI=1S/C20H24N2O4S/c1-4-13(2)15-8-5-6-9-16(15)22-19(24)14(3)26-18(23)12-21-20(25)17-10-7-11-27-17/h5-11,13-14H,4,12H2,1-3H3,(H,21,25)(H,22,24)/t13-,14-/m0/s1. The van der Waals surface area contributed by atoms with Crippen molar-refractivity contribution in [3.8, 4) is 0 Å². The Labute approximate surface area is 162 Å². The second kappa shape index (κ2) is 9.87. The van der Waals surface area contributed by atoms with Gasteiger partial charge in [-0.1, -0.05) is 38.1 Å². The highest BCUT2D eigenvalue weighted by Crippen LogP contribution is 2.26. The lowest BCUT2D eigenvalue weighted by molar-refractivity contribution is -0.152. The molecule has 2 atom stereocenters. The van der Waals surface area contributed by atoms with Crippen molar-refractivity contribution in [2.24, 2.45) is 0 Å². The summed E-state index contributed by atoms with van der Waals surface area (Å²) >= 11 is 1.28. The molecular formula is C20H24N2O4S. The van der Waals surface area contributed by atoms with Crippen molar-refractivity contribution in [3.63, 3.8) is 0 Å². The van der Waals surface area contributed by atoms with Crippen LogP contribution in [0.1, 0.15) is 48.3 Å². The summed E-state index contributed by atoms with van der Waals surface area (Å²) in [6.45, 7) is 5.38. The highest BCUT2D eigenvalue weighted by atomic mass is 32.1. The molecule has 0 spiro atoms. The van der Waals surface area contributed by atoms with Crippen LogP contribution in [0.2, 0.25) is 0 Å². The SMILES string of the molecule is CC[C@H](C)c1ccccc1NC(=O)[C@H](C)OC(=O)CNC(=O)c1cccs1. The minimum Gasteiger partial charge on any atom is -0.451 e. The maximum Gasteiger partial charge on any atom is 0.326 e. The van der Waals surface area contributed by atoms with Gasteiger partial charge in [0.1, 0.15) is 6.54 Å². The van der Waals surface area contributed by atoms with Gasteiger partial charge >= 0.3 is 5.97 Å². The molecule has 0 unspecified atom stereocenters. The summed E-state index contributed by atoms with van der Waals surface area (Å²) in [4.78, 5) is 36.6. The summed E-state index contributed by atoms with van der Waals surface area (Å²) in [6.07, 6.45) is -0.0254. The van der Waals surface area contributed by atoms with Crippen LogP contribution < -0.4 is 10.6 Å². The molecule has 0 aliphatic heterocycles. The summed E-state index contributed by atoms with van der Waals surface area (Å²) in [5.41, 5.74) is 1.75. The van der Waals surface area contributed by atoms with Gasteiger partial charge in [-0.2, -0.15) is 0 Å². The zero-order valence-corrected chi connectivity index (χ0v) is 16.5. The van der Waals surface area contributed by atoms with E-state index in [-0.39, 0.29) is 12.5 Å². The van der Waals surface area contributed by atoms with Crippen molar-refractivity contribution in [2.75, 3.05) is 11.9 Å². The maximum atomic E-state index is 12.4. The van der Waals surface area contributed by atoms with Crippen molar-refractivity contribution < 1.29 is 19.1 Å². The molecule has 144 valence electrons. The smallest absolute Gasteiger partial charge is 0.326 e. The molecule has 0 saturated heterocycles. The Kier molecular flexibility index (Phi) is 7.55. The highest BCUT2D eigenvalue weighted by Gasteiger charge is 2.20. The minimum absolute atomic E-state index is 0.294. The number of benzene rings is 1. The number of thiophene rings is 1. The van der Waals surface area contributed by atoms with E-state index in [2.05, 4.69) is 24.5 Å². The molecule has 0 radical (unpaired) electrons. The largest absolute Gasteiger partial charge is 0.451 e. The minimum atomic E-state index is -0.971. The molecule has 1 aromatic heterocycles. The monoisotopic (exact) mass is 388 g/mol. The lowest BCUT2D eigenvalue weighted by Crippen LogP contribution is -2.35. The Balaban J connectivity index is 1.86. The van der Waals surface area contributed by atoms with E-state index in [1.54, 1.807) is 17.5 Å². The topological polar surface area (TPSA) is 84.5 Å². The van der Waals surface area contributed by atoms with Gasteiger partial charge in [0.2, 0.25) is 0 Å². The van der Waals surface area contributed by atoms with Crippen LogP contribution in [0, 0.1) is 0 Å². The van der Waals surface area contributed by atoms with E-state index < -0.39 is 18.0 Å². The van der Waals surface area contributed by atoms with Crippen LogP contribution in [0.15, 0.2) is 41.8 Å². The molecular weight excluding hydrogens is 364 g/mol. The number of para-hydroxylation sites is 1. The van der Waals surface area contributed by atoms with Crippen LogP contribution >= 0.6 is 11.3 Å². The first-order valence-corrected chi connectivity index (χ1v) is 9.71. The Morgan fingerprint density at radius 1 is 1.11 bits per heavy atom. The van der Waals surface area contributed by atoms with Crippen LogP contribution in [0.4, 0.5) is 5.69 Å². The van der Waals surface area contributed by atoms with E-state index in [0.29, 0.717) is 16.5 Å². The van der Waals surface area contributed by atoms with Gasteiger partial charge in [-0.3, -0.25) is 14.4 Å². The van der Waals surface area contributed by atoms with Crippen LogP contribution in [0.25, 0.3) is 0 Å². The van der Waals surface area contributed by atoms with Gasteiger partial charge in [0.25, 0.3) is 11.8 Å². The van der Waals surface area contributed by atoms with E-state index in [4.69, 9.17) is 4.74 Å². The van der Waals surface area contributed by atoms with E-state index in [1.165, 1.54) is 18.3 Å². The van der Waals surface area contributed by atoms with Crippen LogP contribution in [0.5, 0.6) is 0 Å². The molecule has 1 aromatic carbocycles. The number of amides is 2. The molecule has 0 aliphatic carbocycles. The number of ether oxygens (including phenoxy) is 1. The third kappa shape index (κ3) is 5.92. The molecule has 7 heteroatoms. The third-order valence-electron chi connectivity index (χ3n) is 4.18. The quantitative estimate of drug-likeness (QED) is 0.677. The first kappa shape index (κ1) is 20.6. The van der Waals surface area contributed by atoms with Crippen LogP contribution in [-0.4, -0.2) is 30.4 Å². The fraction of sp³-hybridized carbons (Fsp3) is 0.350. The molecule has 0 aliphatic rings. The number of carbonyl (C=O) groups is 3. The zero-order valence-electron chi connectivity index (χ0n) is 15.7. The summed E-state index contributed by atoms with van der Waals surface area (Å²) in [5, 5.41) is 7.07. The molecule has 2 amide bonds. The molecule has 27 heavy (non-hydrogen) atoms. The van der Waals surface area contributed by atoms with Crippen molar-refractivity contribution in [3.05, 3.63) is 52.2 Å². The van der Waals surface area contributed by atoms with E-state index in [1.807, 2.05) is 24.3 Å². The molecule has 0 bridgehead atoms. The van der Waals surface area contributed by atoms with Crippen molar-refractivity contribution in [1.82, 2.24) is 5.32 Å². The first-order valence-electron chi connectivity index (χ1n) is 8.83. The number of carbonyl (C=O) groups excluding carboxylic acids is 3. The summed E-state index contributed by atoms with van der Waals surface area (Å²) in [5.74, 6) is -1.13. The Hall–Kier alpha value is -2.67. The average molecular weight is 388 g/mol. The highest BCUT2D eigenvalue weighted by molar-refractivity contribution is 7.12. The van der Waals surface area contributed by atoms with Crippen LogP contribution in [0.3, 0.4) is 0 Å². The predicted molar refractivity (Wildman–Crippen MR) is 106 cm³/mol. The normalized spacial score (nSPS) is 12.7. The number of anilines is 1. The van der Waals surface area contributed by atoms with Crippen molar-refractivity contribution >= 4 is 34.8 Å². The summed E-state index contributed by atoms with van der Waals surface area (Å²) in [6, 6.07) is 11.0.